The van der Waals surface area contributed by atoms with Crippen LogP contribution in [0.4, 0.5) is 8.78 Å². The molecule has 3 aromatic rings. The van der Waals surface area contributed by atoms with E-state index < -0.39 is 38.9 Å². The van der Waals surface area contributed by atoms with Gasteiger partial charge in [-0.1, -0.05) is 42.8 Å². The fourth-order valence-corrected chi connectivity index (χ4v) is 5.72. The van der Waals surface area contributed by atoms with Gasteiger partial charge in [0.1, 0.15) is 11.4 Å². The number of ether oxygens (including phenoxy) is 1. The summed E-state index contributed by atoms with van der Waals surface area (Å²) in [6.07, 6.45) is 2.87. The van der Waals surface area contributed by atoms with Crippen LogP contribution in [-0.4, -0.2) is 20.1 Å². The Morgan fingerprint density at radius 2 is 1.64 bits per heavy atom. The SMILES string of the molecule is CCS(=O)(=O)c1ccc(C(C(N)=O)c2ccc(OC3(c4ccc(Cl)c(F)c4)CCCC3)c(F)c2)cc1. The van der Waals surface area contributed by atoms with Gasteiger partial charge in [-0.15, -0.1) is 0 Å². The number of hydrogen-bond donors (Lipinski definition) is 1. The molecular weight excluding hydrogens is 508 g/mol. The van der Waals surface area contributed by atoms with Crippen molar-refractivity contribution < 1.29 is 26.7 Å². The van der Waals surface area contributed by atoms with Crippen LogP contribution in [-0.2, 0) is 20.2 Å². The van der Waals surface area contributed by atoms with Gasteiger partial charge in [0.2, 0.25) is 5.91 Å². The molecule has 1 amide bonds. The number of benzene rings is 3. The lowest BCUT2D eigenvalue weighted by Crippen LogP contribution is -2.30. The van der Waals surface area contributed by atoms with Gasteiger partial charge in [-0.05, 0) is 78.8 Å². The second-order valence-corrected chi connectivity index (χ2v) is 11.6. The first-order chi connectivity index (χ1) is 17.1. The van der Waals surface area contributed by atoms with Gasteiger partial charge < -0.3 is 10.5 Å². The van der Waals surface area contributed by atoms with E-state index in [9.17, 15) is 17.6 Å². The average Bonchev–Trinajstić information content (AvgIpc) is 3.32. The number of carbonyl (C=O) groups is 1. The van der Waals surface area contributed by atoms with Crippen LogP contribution in [0.1, 0.15) is 55.2 Å². The first-order valence-corrected chi connectivity index (χ1v) is 13.7. The second-order valence-electron chi connectivity index (χ2n) is 8.93. The van der Waals surface area contributed by atoms with Crippen molar-refractivity contribution in [2.75, 3.05) is 5.75 Å². The minimum absolute atomic E-state index is 0.000232. The molecule has 1 fully saturated rings. The lowest BCUT2D eigenvalue weighted by atomic mass is 9.90. The number of nitrogens with two attached hydrogens (primary N) is 1. The molecule has 0 heterocycles. The number of amides is 1. The summed E-state index contributed by atoms with van der Waals surface area (Å²) in [6.45, 7) is 1.54. The molecule has 1 aliphatic rings. The third kappa shape index (κ3) is 5.11. The van der Waals surface area contributed by atoms with Crippen molar-refractivity contribution in [3.8, 4) is 5.75 Å². The maximum atomic E-state index is 15.3. The van der Waals surface area contributed by atoms with Crippen LogP contribution in [0.3, 0.4) is 0 Å². The molecule has 1 atom stereocenters. The number of halogens is 3. The predicted molar refractivity (Wildman–Crippen MR) is 134 cm³/mol. The van der Waals surface area contributed by atoms with Gasteiger partial charge in [0.25, 0.3) is 0 Å². The van der Waals surface area contributed by atoms with Gasteiger partial charge in [0, 0.05) is 0 Å². The lowest BCUT2D eigenvalue weighted by Gasteiger charge is -2.31. The average molecular weight is 534 g/mol. The van der Waals surface area contributed by atoms with Crippen LogP contribution in [0.15, 0.2) is 65.6 Å². The quantitative estimate of drug-likeness (QED) is 0.392. The number of carbonyl (C=O) groups excluding carboxylic acids is 1. The number of sulfone groups is 1. The molecule has 0 spiro atoms. The summed E-state index contributed by atoms with van der Waals surface area (Å²) in [6, 6.07) is 14.5. The monoisotopic (exact) mass is 533 g/mol. The highest BCUT2D eigenvalue weighted by Gasteiger charge is 2.39. The van der Waals surface area contributed by atoms with Gasteiger partial charge in [0.15, 0.2) is 21.4 Å². The first-order valence-electron chi connectivity index (χ1n) is 11.6. The van der Waals surface area contributed by atoms with E-state index in [2.05, 4.69) is 0 Å². The summed E-state index contributed by atoms with van der Waals surface area (Å²) < 4.78 is 59.8. The van der Waals surface area contributed by atoms with Crippen LogP contribution in [0.5, 0.6) is 5.75 Å². The Labute approximate surface area is 214 Å². The van der Waals surface area contributed by atoms with Gasteiger partial charge >= 0.3 is 0 Å². The summed E-state index contributed by atoms with van der Waals surface area (Å²) in [4.78, 5) is 12.4. The third-order valence-corrected chi connectivity index (χ3v) is 8.75. The molecule has 190 valence electrons. The van der Waals surface area contributed by atoms with Gasteiger partial charge in [0.05, 0.1) is 21.6 Å². The number of rotatable bonds is 8. The molecule has 1 unspecified atom stereocenters. The molecule has 0 radical (unpaired) electrons. The molecule has 0 aromatic heterocycles. The van der Waals surface area contributed by atoms with Crippen LogP contribution < -0.4 is 10.5 Å². The van der Waals surface area contributed by atoms with E-state index in [0.29, 0.717) is 29.5 Å². The molecule has 9 heteroatoms. The van der Waals surface area contributed by atoms with Crippen molar-refractivity contribution in [1.82, 2.24) is 0 Å². The molecule has 2 N–H and O–H groups in total. The molecule has 0 bridgehead atoms. The highest BCUT2D eigenvalue weighted by Crippen LogP contribution is 2.44. The predicted octanol–water partition coefficient (Wildman–Crippen LogP) is 5.88. The summed E-state index contributed by atoms with van der Waals surface area (Å²) in [5, 5.41) is 0.000232. The fraction of sp³-hybridized carbons (Fsp3) is 0.296. The van der Waals surface area contributed by atoms with Crippen molar-refractivity contribution in [2.24, 2.45) is 5.73 Å². The Morgan fingerprint density at radius 3 is 2.19 bits per heavy atom. The second kappa shape index (κ2) is 10.2. The first kappa shape index (κ1) is 26.1. The van der Waals surface area contributed by atoms with E-state index in [1.165, 1.54) is 48.5 Å². The van der Waals surface area contributed by atoms with Crippen molar-refractivity contribution in [3.05, 3.63) is 94.0 Å². The minimum atomic E-state index is -3.41. The van der Waals surface area contributed by atoms with Crippen molar-refractivity contribution in [3.63, 3.8) is 0 Å². The Bertz CT molecular complexity index is 1390. The van der Waals surface area contributed by atoms with E-state index in [1.54, 1.807) is 19.1 Å². The number of hydrogen-bond acceptors (Lipinski definition) is 4. The largest absolute Gasteiger partial charge is 0.480 e. The Morgan fingerprint density at radius 1 is 1.00 bits per heavy atom. The standard InChI is InChI=1S/C27H26ClF2NO4S/c1-2-36(33,34)20-9-5-17(6-10-20)25(26(31)32)18-7-12-24(23(30)15-18)35-27(13-3-4-14-27)19-8-11-21(28)22(29)16-19/h5-12,15-16,25H,2-4,13-14H2,1H3,(H2,31,32). The third-order valence-electron chi connectivity index (χ3n) is 6.69. The van der Waals surface area contributed by atoms with Crippen LogP contribution in [0.25, 0.3) is 0 Å². The smallest absolute Gasteiger partial charge is 0.229 e. The van der Waals surface area contributed by atoms with Crippen LogP contribution in [0, 0.1) is 11.6 Å². The van der Waals surface area contributed by atoms with E-state index in [-0.39, 0.29) is 21.4 Å². The maximum Gasteiger partial charge on any atom is 0.229 e. The molecule has 36 heavy (non-hydrogen) atoms. The zero-order valence-corrected chi connectivity index (χ0v) is 21.2. The normalized spacial score (nSPS) is 16.0. The van der Waals surface area contributed by atoms with Crippen molar-refractivity contribution in [2.45, 2.75) is 49.0 Å². The van der Waals surface area contributed by atoms with E-state index in [0.717, 1.165) is 12.8 Å². The molecule has 0 aliphatic heterocycles. The maximum absolute atomic E-state index is 15.3. The zero-order valence-electron chi connectivity index (χ0n) is 19.6. The zero-order chi connectivity index (χ0) is 26.1. The van der Waals surface area contributed by atoms with Gasteiger partial charge in [-0.2, -0.15) is 0 Å². The molecule has 4 rings (SSSR count). The summed E-state index contributed by atoms with van der Waals surface area (Å²) in [5.41, 5.74) is 6.07. The fourth-order valence-electron chi connectivity index (χ4n) is 4.72. The minimum Gasteiger partial charge on any atom is -0.480 e. The van der Waals surface area contributed by atoms with E-state index in [4.69, 9.17) is 22.1 Å². The van der Waals surface area contributed by atoms with Gasteiger partial charge in [-0.3, -0.25) is 4.79 Å². The summed E-state index contributed by atoms with van der Waals surface area (Å²) >= 11 is 5.84. The lowest BCUT2D eigenvalue weighted by molar-refractivity contribution is -0.118. The van der Waals surface area contributed by atoms with Crippen LogP contribution >= 0.6 is 11.6 Å². The highest BCUT2D eigenvalue weighted by molar-refractivity contribution is 7.91. The molecule has 0 saturated heterocycles. The van der Waals surface area contributed by atoms with E-state index >= 15 is 4.39 Å². The van der Waals surface area contributed by atoms with Crippen molar-refractivity contribution in [1.29, 1.82) is 0 Å². The molecule has 3 aromatic carbocycles. The van der Waals surface area contributed by atoms with E-state index in [1.807, 2.05) is 0 Å². The topological polar surface area (TPSA) is 86.5 Å². The Kier molecular flexibility index (Phi) is 7.38. The van der Waals surface area contributed by atoms with Crippen LogP contribution in [0.2, 0.25) is 5.02 Å². The summed E-state index contributed by atoms with van der Waals surface area (Å²) in [7, 11) is -3.41. The Hall–Kier alpha value is -2.97. The number of primary amides is 1. The molecule has 1 aliphatic carbocycles. The Balaban J connectivity index is 1.65. The summed E-state index contributed by atoms with van der Waals surface area (Å²) in [5.74, 6) is -3.03. The van der Waals surface area contributed by atoms with Crippen molar-refractivity contribution >= 4 is 27.3 Å². The molecule has 5 nitrogen and oxygen atoms in total. The molecule has 1 saturated carbocycles. The van der Waals surface area contributed by atoms with Gasteiger partial charge in [-0.25, -0.2) is 17.2 Å². The molecular formula is C27H26ClF2NO4S. The highest BCUT2D eigenvalue weighted by atomic mass is 35.5.